The summed E-state index contributed by atoms with van der Waals surface area (Å²) in [5.41, 5.74) is 3.78. The Morgan fingerprint density at radius 1 is 0.577 bits per heavy atom. The van der Waals surface area contributed by atoms with Crippen molar-refractivity contribution >= 4 is 0 Å². The van der Waals surface area contributed by atoms with Gasteiger partial charge in [0.15, 0.2) is 0 Å². The second-order valence-electron chi connectivity index (χ2n) is 7.17. The molecule has 0 aromatic heterocycles. The Labute approximate surface area is 155 Å². The van der Waals surface area contributed by atoms with Crippen molar-refractivity contribution < 1.29 is 9.47 Å². The molecule has 3 rings (SSSR count). The minimum absolute atomic E-state index is 0.142. The third-order valence-electron chi connectivity index (χ3n) is 4.15. The van der Waals surface area contributed by atoms with Crippen molar-refractivity contribution in [3.63, 3.8) is 0 Å². The molecule has 2 nitrogen and oxygen atoms in total. The average Bonchev–Trinajstić information content (AvgIpc) is 2.66. The third-order valence-corrected chi connectivity index (χ3v) is 4.15. The van der Waals surface area contributed by atoms with Gasteiger partial charge in [-0.05, 0) is 46.4 Å². The van der Waals surface area contributed by atoms with Gasteiger partial charge in [0.25, 0.3) is 0 Å². The van der Waals surface area contributed by atoms with Crippen molar-refractivity contribution in [2.24, 2.45) is 0 Å². The van der Waals surface area contributed by atoms with Crippen LogP contribution in [0.5, 0.6) is 11.5 Å². The minimum Gasteiger partial charge on any atom is -0.462 e. The first-order valence-electron chi connectivity index (χ1n) is 8.77. The summed E-state index contributed by atoms with van der Waals surface area (Å²) in [6, 6.07) is 26.4. The molecule has 0 heterocycles. The summed E-state index contributed by atoms with van der Waals surface area (Å²) in [5.74, 6) is 1.56. The predicted octanol–water partition coefficient (Wildman–Crippen LogP) is 6.58. The summed E-state index contributed by atoms with van der Waals surface area (Å²) in [6.07, 6.45) is 3.10. The molecule has 0 aliphatic heterocycles. The van der Waals surface area contributed by atoms with E-state index < -0.39 is 0 Å². The van der Waals surface area contributed by atoms with Crippen LogP contribution in [0.2, 0.25) is 0 Å². The maximum absolute atomic E-state index is 5.59. The van der Waals surface area contributed by atoms with Crippen molar-refractivity contribution in [3.05, 3.63) is 97.0 Å². The quantitative estimate of drug-likeness (QED) is 0.487. The van der Waals surface area contributed by atoms with Gasteiger partial charge in [-0.25, -0.2) is 0 Å². The topological polar surface area (TPSA) is 18.5 Å². The van der Waals surface area contributed by atoms with E-state index >= 15 is 0 Å². The first kappa shape index (κ1) is 17.8. The Balaban J connectivity index is 1.54. The molecule has 0 aliphatic carbocycles. The van der Waals surface area contributed by atoms with Crippen molar-refractivity contribution in [1.82, 2.24) is 0 Å². The summed E-state index contributed by atoms with van der Waals surface area (Å²) in [4.78, 5) is 0. The van der Waals surface area contributed by atoms with Crippen molar-refractivity contribution in [2.75, 3.05) is 0 Å². The highest BCUT2D eigenvalue weighted by molar-refractivity contribution is 5.63. The first-order valence-corrected chi connectivity index (χ1v) is 8.77. The van der Waals surface area contributed by atoms with Gasteiger partial charge in [-0.3, -0.25) is 0 Å². The molecular formula is C24H24O2. The second-order valence-corrected chi connectivity index (χ2v) is 7.17. The van der Waals surface area contributed by atoms with E-state index in [9.17, 15) is 0 Å². The zero-order valence-corrected chi connectivity index (χ0v) is 15.5. The first-order chi connectivity index (χ1) is 12.5. The van der Waals surface area contributed by atoms with Gasteiger partial charge in [-0.2, -0.15) is 0 Å². The van der Waals surface area contributed by atoms with Crippen LogP contribution in [0.1, 0.15) is 26.3 Å². The van der Waals surface area contributed by atoms with E-state index in [1.54, 1.807) is 12.5 Å². The van der Waals surface area contributed by atoms with E-state index in [0.29, 0.717) is 0 Å². The zero-order chi connectivity index (χ0) is 18.4. The highest BCUT2D eigenvalue weighted by Gasteiger charge is 2.12. The highest BCUT2D eigenvalue weighted by atomic mass is 16.5. The van der Waals surface area contributed by atoms with Gasteiger partial charge in [-0.1, -0.05) is 75.4 Å². The number of ether oxygens (including phenoxy) is 2. The largest absolute Gasteiger partial charge is 0.462 e. The van der Waals surface area contributed by atoms with Crippen LogP contribution in [0.3, 0.4) is 0 Å². The van der Waals surface area contributed by atoms with Gasteiger partial charge >= 0.3 is 0 Å². The summed E-state index contributed by atoms with van der Waals surface area (Å²) in [6.45, 7) is 6.58. The average molecular weight is 344 g/mol. The Morgan fingerprint density at radius 2 is 1.04 bits per heavy atom. The molecule has 3 aromatic rings. The molecule has 132 valence electrons. The minimum atomic E-state index is 0.142. The standard InChI is InChI=1S/C24H24O2/c1-24(2,3)21-11-15-23(16-12-21)26-18-17-25-22-13-9-20(10-14-22)19-7-5-4-6-8-19/h4-18H,1-3H3. The van der Waals surface area contributed by atoms with E-state index in [0.717, 1.165) is 17.1 Å². The number of hydrogen-bond acceptors (Lipinski definition) is 2. The van der Waals surface area contributed by atoms with Crippen molar-refractivity contribution in [3.8, 4) is 22.6 Å². The van der Waals surface area contributed by atoms with Crippen LogP contribution in [0, 0.1) is 0 Å². The Kier molecular flexibility index (Phi) is 5.43. The summed E-state index contributed by atoms with van der Waals surface area (Å²) < 4.78 is 11.2. The fourth-order valence-electron chi connectivity index (χ4n) is 2.60. The van der Waals surface area contributed by atoms with Crippen LogP contribution in [0.25, 0.3) is 11.1 Å². The lowest BCUT2D eigenvalue weighted by Gasteiger charge is -2.18. The fraction of sp³-hybridized carbons (Fsp3) is 0.167. The lowest BCUT2D eigenvalue weighted by atomic mass is 9.87. The molecular weight excluding hydrogens is 320 g/mol. The molecule has 3 aromatic carbocycles. The van der Waals surface area contributed by atoms with E-state index in [4.69, 9.17) is 9.47 Å². The smallest absolute Gasteiger partial charge is 0.126 e. The molecule has 0 spiro atoms. The number of hydrogen-bond donors (Lipinski definition) is 0. The Morgan fingerprint density at radius 3 is 1.54 bits per heavy atom. The molecule has 0 bridgehead atoms. The maximum atomic E-state index is 5.59. The number of benzene rings is 3. The van der Waals surface area contributed by atoms with E-state index in [1.807, 2.05) is 54.6 Å². The molecule has 2 heteroatoms. The summed E-state index contributed by atoms with van der Waals surface area (Å²) >= 11 is 0. The van der Waals surface area contributed by atoms with Crippen LogP contribution in [0.15, 0.2) is 91.4 Å². The van der Waals surface area contributed by atoms with Crippen molar-refractivity contribution in [1.29, 1.82) is 0 Å². The second kappa shape index (κ2) is 7.92. The molecule has 0 amide bonds. The van der Waals surface area contributed by atoms with E-state index in [1.165, 1.54) is 11.1 Å². The zero-order valence-electron chi connectivity index (χ0n) is 15.5. The number of rotatable bonds is 5. The van der Waals surface area contributed by atoms with Crippen LogP contribution >= 0.6 is 0 Å². The van der Waals surface area contributed by atoms with Gasteiger partial charge in [0, 0.05) is 0 Å². The van der Waals surface area contributed by atoms with Crippen LogP contribution in [0.4, 0.5) is 0 Å². The lowest BCUT2D eigenvalue weighted by Crippen LogP contribution is -2.10. The predicted molar refractivity (Wildman–Crippen MR) is 107 cm³/mol. The van der Waals surface area contributed by atoms with Gasteiger partial charge < -0.3 is 9.47 Å². The van der Waals surface area contributed by atoms with Gasteiger partial charge in [0.05, 0.1) is 0 Å². The van der Waals surface area contributed by atoms with Crippen molar-refractivity contribution in [2.45, 2.75) is 26.2 Å². The molecule has 0 unspecified atom stereocenters. The Bertz CT molecular complexity index is 839. The Hall–Kier alpha value is -3.00. The molecule has 0 radical (unpaired) electrons. The van der Waals surface area contributed by atoms with Crippen LogP contribution in [-0.4, -0.2) is 0 Å². The van der Waals surface area contributed by atoms with Gasteiger partial charge in [-0.15, -0.1) is 0 Å². The summed E-state index contributed by atoms with van der Waals surface area (Å²) in [5, 5.41) is 0. The highest BCUT2D eigenvalue weighted by Crippen LogP contribution is 2.24. The van der Waals surface area contributed by atoms with E-state index in [2.05, 4.69) is 45.0 Å². The lowest BCUT2D eigenvalue weighted by molar-refractivity contribution is 0.421. The third kappa shape index (κ3) is 4.76. The normalized spacial score (nSPS) is 11.5. The molecule has 0 aliphatic rings. The van der Waals surface area contributed by atoms with E-state index in [-0.39, 0.29) is 5.41 Å². The molecule has 0 saturated heterocycles. The molecule has 0 N–H and O–H groups in total. The van der Waals surface area contributed by atoms with Gasteiger partial charge in [0.1, 0.15) is 24.0 Å². The van der Waals surface area contributed by atoms with Gasteiger partial charge in [0.2, 0.25) is 0 Å². The molecule has 26 heavy (non-hydrogen) atoms. The SMILES string of the molecule is CC(C)(C)c1ccc(OC=COc2ccc(-c3ccccc3)cc2)cc1. The van der Waals surface area contributed by atoms with Crippen LogP contribution < -0.4 is 9.47 Å². The molecule has 0 fully saturated rings. The van der Waals surface area contributed by atoms with Crippen LogP contribution in [-0.2, 0) is 5.41 Å². The fourth-order valence-corrected chi connectivity index (χ4v) is 2.60. The molecule has 0 saturated carbocycles. The monoisotopic (exact) mass is 344 g/mol. The molecule has 0 atom stereocenters. The summed E-state index contributed by atoms with van der Waals surface area (Å²) in [7, 11) is 0. The maximum Gasteiger partial charge on any atom is 0.126 e.